The minimum Gasteiger partial charge on any atom is -0.497 e. The zero-order valence-corrected chi connectivity index (χ0v) is 22.1. The highest BCUT2D eigenvalue weighted by Crippen LogP contribution is 2.39. The summed E-state index contributed by atoms with van der Waals surface area (Å²) in [7, 11) is 1.61. The fraction of sp³-hybridized carbons (Fsp3) is 0.241. The minimum absolute atomic E-state index is 0.00642. The van der Waals surface area contributed by atoms with Crippen molar-refractivity contribution in [3.05, 3.63) is 94.8 Å². The van der Waals surface area contributed by atoms with Gasteiger partial charge in [-0.25, -0.2) is 9.40 Å². The number of hydrogen-bond acceptors (Lipinski definition) is 6. The van der Waals surface area contributed by atoms with E-state index in [9.17, 15) is 14.0 Å². The summed E-state index contributed by atoms with van der Waals surface area (Å²) >= 11 is 1.23. The van der Waals surface area contributed by atoms with Crippen LogP contribution in [0.25, 0.3) is 0 Å². The first-order chi connectivity index (χ1) is 18.3. The van der Waals surface area contributed by atoms with Gasteiger partial charge in [0.2, 0.25) is 5.91 Å². The van der Waals surface area contributed by atoms with Gasteiger partial charge in [0, 0.05) is 18.5 Å². The van der Waals surface area contributed by atoms with Crippen LogP contribution < -0.4 is 10.1 Å². The van der Waals surface area contributed by atoms with E-state index in [0.717, 1.165) is 33.7 Å². The van der Waals surface area contributed by atoms with Gasteiger partial charge < -0.3 is 10.1 Å². The molecule has 0 radical (unpaired) electrons. The Morgan fingerprint density at radius 2 is 1.82 bits per heavy atom. The van der Waals surface area contributed by atoms with E-state index < -0.39 is 5.25 Å². The Hall–Kier alpha value is -3.98. The highest BCUT2D eigenvalue weighted by atomic mass is 32.2. The number of aliphatic imine (C=N–C) groups is 1. The average molecular weight is 531 g/mol. The molecule has 0 spiro atoms. The molecule has 2 heterocycles. The van der Waals surface area contributed by atoms with Crippen molar-refractivity contribution >= 4 is 40.1 Å². The third kappa shape index (κ3) is 5.47. The number of carbonyl (C=O) groups excluding carboxylic acids is 2. The zero-order valence-electron chi connectivity index (χ0n) is 21.3. The molecule has 0 fully saturated rings. The first-order valence-electron chi connectivity index (χ1n) is 12.2. The molecule has 9 heteroatoms. The smallest absolute Gasteiger partial charge is 0.262 e. The number of methoxy groups -OCH3 is 1. The number of hydrazone groups is 1. The Balaban J connectivity index is 1.34. The van der Waals surface area contributed by atoms with Gasteiger partial charge in [0.1, 0.15) is 16.8 Å². The lowest BCUT2D eigenvalue weighted by atomic mass is 9.98. The normalized spacial score (nSPS) is 18.8. The van der Waals surface area contributed by atoms with Gasteiger partial charge in [0.15, 0.2) is 5.17 Å². The molecule has 2 aliphatic rings. The summed E-state index contributed by atoms with van der Waals surface area (Å²) in [6.45, 7) is 3.99. The van der Waals surface area contributed by atoms with Crippen molar-refractivity contribution in [2.45, 2.75) is 38.0 Å². The van der Waals surface area contributed by atoms with Gasteiger partial charge >= 0.3 is 0 Å². The highest BCUT2D eigenvalue weighted by Gasteiger charge is 2.39. The Labute approximate surface area is 224 Å². The summed E-state index contributed by atoms with van der Waals surface area (Å²) in [5.41, 5.74) is 5.49. The van der Waals surface area contributed by atoms with Gasteiger partial charge in [-0.15, -0.1) is 0 Å². The van der Waals surface area contributed by atoms with E-state index in [1.54, 1.807) is 24.3 Å². The number of halogens is 1. The molecule has 2 atom stereocenters. The molecule has 0 aromatic heterocycles. The monoisotopic (exact) mass is 530 g/mol. The number of thioether (sulfide) groups is 1. The van der Waals surface area contributed by atoms with Gasteiger partial charge in [0.05, 0.1) is 18.9 Å². The van der Waals surface area contributed by atoms with E-state index in [1.807, 2.05) is 56.3 Å². The average Bonchev–Trinajstić information content (AvgIpc) is 3.51. The summed E-state index contributed by atoms with van der Waals surface area (Å²) < 4.78 is 18.9. The number of aryl methyl sites for hydroxylation is 2. The third-order valence-electron chi connectivity index (χ3n) is 6.67. The number of nitrogens with zero attached hydrogens (tertiary/aromatic N) is 3. The van der Waals surface area contributed by atoms with Crippen molar-refractivity contribution in [3.8, 4) is 5.75 Å². The molecule has 0 saturated heterocycles. The van der Waals surface area contributed by atoms with E-state index in [2.05, 4.69) is 10.3 Å². The molecular weight excluding hydrogens is 503 g/mol. The van der Waals surface area contributed by atoms with Gasteiger partial charge in [-0.3, -0.25) is 9.59 Å². The summed E-state index contributed by atoms with van der Waals surface area (Å²) in [4.78, 5) is 29.8. The Morgan fingerprint density at radius 3 is 2.50 bits per heavy atom. The summed E-state index contributed by atoms with van der Waals surface area (Å²) in [5, 5.41) is 9.20. The van der Waals surface area contributed by atoms with Gasteiger partial charge in [0.25, 0.3) is 5.91 Å². The number of benzene rings is 3. The molecular formula is C29H27FN4O3S. The summed E-state index contributed by atoms with van der Waals surface area (Å²) in [5.74, 6) is -0.213. The van der Waals surface area contributed by atoms with Crippen LogP contribution in [0.1, 0.15) is 41.1 Å². The summed E-state index contributed by atoms with van der Waals surface area (Å²) in [6, 6.07) is 19.3. The molecule has 0 saturated carbocycles. The van der Waals surface area contributed by atoms with E-state index >= 15 is 0 Å². The second kappa shape index (κ2) is 10.8. The maximum absolute atomic E-state index is 13.6. The quantitative estimate of drug-likeness (QED) is 0.447. The molecule has 2 aliphatic heterocycles. The summed E-state index contributed by atoms with van der Waals surface area (Å²) in [6.07, 6.45) is 0.539. The van der Waals surface area contributed by atoms with Crippen LogP contribution in [0.2, 0.25) is 0 Å². The number of nitrogens with one attached hydrogen (secondary N) is 1. The molecule has 7 nitrogen and oxygen atoms in total. The SMILES string of the molecule is COc1ccc(C2=NN(C3=NC(=O)C(CC(=O)Nc4ccc(C)c(C)c4)S3)C(c3ccc(F)cc3)C2)cc1. The van der Waals surface area contributed by atoms with E-state index in [4.69, 9.17) is 9.84 Å². The highest BCUT2D eigenvalue weighted by molar-refractivity contribution is 8.15. The van der Waals surface area contributed by atoms with Gasteiger partial charge in [-0.2, -0.15) is 10.1 Å². The Bertz CT molecular complexity index is 1440. The van der Waals surface area contributed by atoms with Crippen molar-refractivity contribution < 1.29 is 18.7 Å². The number of ether oxygens (including phenoxy) is 1. The molecule has 2 unspecified atom stereocenters. The first kappa shape index (κ1) is 25.7. The number of amidine groups is 1. The largest absolute Gasteiger partial charge is 0.497 e. The predicted molar refractivity (Wildman–Crippen MR) is 148 cm³/mol. The Kier molecular flexibility index (Phi) is 7.28. The van der Waals surface area contributed by atoms with Crippen LogP contribution in [-0.2, 0) is 9.59 Å². The van der Waals surface area contributed by atoms with Gasteiger partial charge in [-0.1, -0.05) is 30.0 Å². The maximum Gasteiger partial charge on any atom is 0.262 e. The van der Waals surface area contributed by atoms with E-state index in [1.165, 1.54) is 23.9 Å². The predicted octanol–water partition coefficient (Wildman–Crippen LogP) is 5.63. The van der Waals surface area contributed by atoms with E-state index in [0.29, 0.717) is 17.3 Å². The fourth-order valence-corrected chi connectivity index (χ4v) is 5.45. The second-order valence-corrected chi connectivity index (χ2v) is 10.5. The molecule has 3 aromatic carbocycles. The third-order valence-corrected chi connectivity index (χ3v) is 7.82. The number of amides is 2. The minimum atomic E-state index is -0.648. The first-order valence-corrected chi connectivity index (χ1v) is 13.1. The molecule has 0 aliphatic carbocycles. The number of rotatable bonds is 6. The van der Waals surface area contributed by atoms with Crippen LogP contribution in [0.3, 0.4) is 0 Å². The van der Waals surface area contributed by atoms with Gasteiger partial charge in [-0.05, 0) is 84.6 Å². The van der Waals surface area contributed by atoms with Crippen LogP contribution in [0.15, 0.2) is 76.8 Å². The van der Waals surface area contributed by atoms with Crippen molar-refractivity contribution in [3.63, 3.8) is 0 Å². The maximum atomic E-state index is 13.6. The molecule has 38 heavy (non-hydrogen) atoms. The van der Waals surface area contributed by atoms with E-state index in [-0.39, 0.29) is 30.1 Å². The fourth-order valence-electron chi connectivity index (χ4n) is 4.39. The lowest BCUT2D eigenvalue weighted by molar-refractivity contribution is -0.121. The van der Waals surface area contributed by atoms with Crippen LogP contribution >= 0.6 is 11.8 Å². The molecule has 2 amide bonds. The standard InChI is InChI=1S/C29H27FN4O3S/c1-17-4-11-22(14-18(17)2)31-27(35)16-26-28(36)32-29(38-26)34-25(20-5-9-21(30)10-6-20)15-24(33-34)19-7-12-23(37-3)13-8-19/h4-14,25-26H,15-16H2,1-3H3,(H,31,35). The van der Waals surface area contributed by atoms with Crippen LogP contribution in [0, 0.1) is 19.7 Å². The van der Waals surface area contributed by atoms with Crippen molar-refractivity contribution in [1.29, 1.82) is 0 Å². The van der Waals surface area contributed by atoms with Crippen LogP contribution in [0.4, 0.5) is 10.1 Å². The number of anilines is 1. The molecule has 1 N–H and O–H groups in total. The number of hydrogen-bond donors (Lipinski definition) is 1. The van der Waals surface area contributed by atoms with Crippen LogP contribution in [0.5, 0.6) is 5.75 Å². The Morgan fingerprint density at radius 1 is 1.08 bits per heavy atom. The number of carbonyl (C=O) groups is 2. The van der Waals surface area contributed by atoms with Crippen molar-refractivity contribution in [1.82, 2.24) is 5.01 Å². The molecule has 3 aromatic rings. The second-order valence-electron chi connectivity index (χ2n) is 9.28. The molecule has 0 bridgehead atoms. The zero-order chi connectivity index (χ0) is 26.8. The lowest BCUT2D eigenvalue weighted by Crippen LogP contribution is -2.25. The molecule has 194 valence electrons. The topological polar surface area (TPSA) is 83.4 Å². The lowest BCUT2D eigenvalue weighted by Gasteiger charge is -2.23. The van der Waals surface area contributed by atoms with Crippen molar-refractivity contribution in [2.24, 2.45) is 10.1 Å². The van der Waals surface area contributed by atoms with Crippen LogP contribution in [-0.4, -0.2) is 40.1 Å². The molecule has 5 rings (SSSR count). The van der Waals surface area contributed by atoms with Crippen molar-refractivity contribution in [2.75, 3.05) is 12.4 Å².